The average molecular weight is 309 g/mol. The number of benzene rings is 1. The summed E-state index contributed by atoms with van der Waals surface area (Å²) in [5.74, 6) is -0.202. The Morgan fingerprint density at radius 3 is 2.55 bits per heavy atom. The second kappa shape index (κ2) is 6.65. The first-order chi connectivity index (χ1) is 10.3. The van der Waals surface area contributed by atoms with Gasteiger partial charge >= 0.3 is 6.09 Å². The molecule has 1 heterocycles. The van der Waals surface area contributed by atoms with Gasteiger partial charge in [0, 0.05) is 25.6 Å². The van der Waals surface area contributed by atoms with Gasteiger partial charge in [0.25, 0.3) is 0 Å². The lowest BCUT2D eigenvalue weighted by Gasteiger charge is -2.38. The van der Waals surface area contributed by atoms with Crippen molar-refractivity contribution in [3.05, 3.63) is 35.6 Å². The van der Waals surface area contributed by atoms with Crippen molar-refractivity contribution in [3.8, 4) is 0 Å². The molecule has 5 heteroatoms. The highest BCUT2D eigenvalue weighted by atomic mass is 19.1. The normalized spacial score (nSPS) is 22.5. The van der Waals surface area contributed by atoms with E-state index in [-0.39, 0.29) is 30.4 Å². The van der Waals surface area contributed by atoms with Crippen molar-refractivity contribution in [2.24, 2.45) is 5.92 Å². The van der Waals surface area contributed by atoms with Crippen LogP contribution in [0.25, 0.3) is 0 Å². The number of carbonyl (C=O) groups is 1. The third-order valence-corrected chi connectivity index (χ3v) is 3.92. The topological polar surface area (TPSA) is 49.8 Å². The Morgan fingerprint density at radius 2 is 2.00 bits per heavy atom. The first-order valence-electron chi connectivity index (χ1n) is 7.64. The number of hydrogen-bond acceptors (Lipinski definition) is 3. The number of hydrogen-bond donors (Lipinski definition) is 1. The molecule has 0 radical (unpaired) electrons. The zero-order valence-electron chi connectivity index (χ0n) is 13.4. The van der Waals surface area contributed by atoms with Crippen LogP contribution in [0.15, 0.2) is 24.3 Å². The van der Waals surface area contributed by atoms with Crippen molar-refractivity contribution in [1.29, 1.82) is 0 Å². The van der Waals surface area contributed by atoms with E-state index in [1.165, 1.54) is 12.1 Å². The number of piperidine rings is 1. The van der Waals surface area contributed by atoms with Gasteiger partial charge < -0.3 is 14.7 Å². The van der Waals surface area contributed by atoms with E-state index in [4.69, 9.17) is 4.74 Å². The Labute approximate surface area is 130 Å². The Kier molecular flexibility index (Phi) is 5.06. The number of aliphatic hydroxyl groups is 1. The molecule has 1 saturated heterocycles. The Bertz CT molecular complexity index is 510. The van der Waals surface area contributed by atoms with E-state index in [1.54, 1.807) is 17.0 Å². The van der Waals surface area contributed by atoms with Crippen LogP contribution in [-0.2, 0) is 4.74 Å². The monoisotopic (exact) mass is 309 g/mol. The minimum absolute atomic E-state index is 0.0126. The van der Waals surface area contributed by atoms with Gasteiger partial charge in [-0.3, -0.25) is 0 Å². The number of carbonyl (C=O) groups excluding carboxylic acids is 1. The van der Waals surface area contributed by atoms with Gasteiger partial charge in [-0.1, -0.05) is 12.1 Å². The van der Waals surface area contributed by atoms with Crippen LogP contribution in [0.5, 0.6) is 0 Å². The smallest absolute Gasteiger partial charge is 0.410 e. The Balaban J connectivity index is 2.05. The SMILES string of the molecule is CC(C)(C)OC(=O)N1CCC(c2ccc(F)cc2)[C@@H](CO)C1. The molecule has 2 atom stereocenters. The lowest BCUT2D eigenvalue weighted by molar-refractivity contribution is 0.0102. The summed E-state index contributed by atoms with van der Waals surface area (Å²) in [7, 11) is 0. The van der Waals surface area contributed by atoms with Gasteiger partial charge in [-0.2, -0.15) is 0 Å². The van der Waals surface area contributed by atoms with E-state index in [9.17, 15) is 14.3 Å². The van der Waals surface area contributed by atoms with Gasteiger partial charge in [0.05, 0.1) is 0 Å². The fourth-order valence-electron chi connectivity index (χ4n) is 2.86. The van der Waals surface area contributed by atoms with E-state index < -0.39 is 5.60 Å². The zero-order valence-corrected chi connectivity index (χ0v) is 13.4. The number of likely N-dealkylation sites (tertiary alicyclic amines) is 1. The maximum Gasteiger partial charge on any atom is 0.410 e. The molecule has 1 N–H and O–H groups in total. The second-order valence-corrected chi connectivity index (χ2v) is 6.82. The van der Waals surface area contributed by atoms with Crippen LogP contribution in [0.2, 0.25) is 0 Å². The van der Waals surface area contributed by atoms with Gasteiger partial charge in [0.15, 0.2) is 0 Å². The number of ether oxygens (including phenoxy) is 1. The third kappa shape index (κ3) is 4.19. The average Bonchev–Trinajstić information content (AvgIpc) is 2.45. The van der Waals surface area contributed by atoms with Crippen LogP contribution in [0.1, 0.15) is 38.7 Å². The van der Waals surface area contributed by atoms with Crippen molar-refractivity contribution >= 4 is 6.09 Å². The quantitative estimate of drug-likeness (QED) is 0.913. The summed E-state index contributed by atoms with van der Waals surface area (Å²) < 4.78 is 18.4. The zero-order chi connectivity index (χ0) is 16.3. The number of nitrogens with zero attached hydrogens (tertiary/aromatic N) is 1. The molecule has 1 aliphatic heterocycles. The van der Waals surface area contributed by atoms with Crippen LogP contribution in [-0.4, -0.2) is 41.4 Å². The number of rotatable bonds is 2. The molecule has 4 nitrogen and oxygen atoms in total. The molecular weight excluding hydrogens is 285 g/mol. The van der Waals surface area contributed by atoms with Gasteiger partial charge in [0.1, 0.15) is 11.4 Å². The van der Waals surface area contributed by atoms with Gasteiger partial charge in [0.2, 0.25) is 0 Å². The second-order valence-electron chi connectivity index (χ2n) is 6.82. The molecule has 1 amide bonds. The predicted molar refractivity (Wildman–Crippen MR) is 82.1 cm³/mol. The molecule has 0 spiro atoms. The van der Waals surface area contributed by atoms with Crippen molar-refractivity contribution in [1.82, 2.24) is 4.90 Å². The maximum atomic E-state index is 13.0. The summed E-state index contributed by atoms with van der Waals surface area (Å²) in [5.41, 5.74) is 0.476. The lowest BCUT2D eigenvalue weighted by atomic mass is 9.81. The van der Waals surface area contributed by atoms with Crippen molar-refractivity contribution in [2.75, 3.05) is 19.7 Å². The predicted octanol–water partition coefficient (Wildman–Crippen LogP) is 3.16. The molecule has 0 aliphatic carbocycles. The molecular formula is C17H24FNO3. The lowest BCUT2D eigenvalue weighted by Crippen LogP contribution is -2.46. The van der Waals surface area contributed by atoms with Crippen LogP contribution < -0.4 is 0 Å². The van der Waals surface area contributed by atoms with Gasteiger partial charge in [-0.25, -0.2) is 9.18 Å². The summed E-state index contributed by atoms with van der Waals surface area (Å²) in [4.78, 5) is 13.8. The number of aliphatic hydroxyl groups excluding tert-OH is 1. The van der Waals surface area contributed by atoms with E-state index >= 15 is 0 Å². The fraction of sp³-hybridized carbons (Fsp3) is 0.588. The standard InChI is InChI=1S/C17H24FNO3/c1-17(2,3)22-16(21)19-9-8-15(13(10-19)11-20)12-4-6-14(18)7-5-12/h4-7,13,15,20H,8-11H2,1-3H3/t13-,15?/m1/s1. The summed E-state index contributed by atoms with van der Waals surface area (Å²) in [6.07, 6.45) is 0.388. The molecule has 1 aromatic carbocycles. The Morgan fingerprint density at radius 1 is 1.36 bits per heavy atom. The number of amides is 1. The van der Waals surface area contributed by atoms with E-state index in [0.29, 0.717) is 13.1 Å². The first kappa shape index (κ1) is 16.7. The molecule has 0 bridgehead atoms. The molecule has 22 heavy (non-hydrogen) atoms. The summed E-state index contributed by atoms with van der Waals surface area (Å²) in [6, 6.07) is 6.38. The van der Waals surface area contributed by atoms with Crippen LogP contribution >= 0.6 is 0 Å². The molecule has 1 fully saturated rings. The molecule has 2 rings (SSSR count). The van der Waals surface area contributed by atoms with Crippen LogP contribution in [0, 0.1) is 11.7 Å². The highest BCUT2D eigenvalue weighted by molar-refractivity contribution is 5.68. The molecule has 1 unspecified atom stereocenters. The largest absolute Gasteiger partial charge is 0.444 e. The molecule has 1 aromatic rings. The van der Waals surface area contributed by atoms with E-state index in [1.807, 2.05) is 20.8 Å². The van der Waals surface area contributed by atoms with Crippen LogP contribution in [0.3, 0.4) is 0 Å². The van der Waals surface area contributed by atoms with E-state index in [0.717, 1.165) is 12.0 Å². The van der Waals surface area contributed by atoms with Gasteiger partial charge in [-0.05, 0) is 50.8 Å². The summed E-state index contributed by atoms with van der Waals surface area (Å²) >= 11 is 0. The van der Waals surface area contributed by atoms with Crippen LogP contribution in [0.4, 0.5) is 9.18 Å². The van der Waals surface area contributed by atoms with E-state index in [2.05, 4.69) is 0 Å². The molecule has 0 aromatic heterocycles. The summed E-state index contributed by atoms with van der Waals surface area (Å²) in [6.45, 7) is 6.52. The highest BCUT2D eigenvalue weighted by Gasteiger charge is 2.33. The molecule has 122 valence electrons. The molecule has 0 saturated carbocycles. The molecule has 1 aliphatic rings. The maximum absolute atomic E-state index is 13.0. The highest BCUT2D eigenvalue weighted by Crippen LogP contribution is 2.33. The third-order valence-electron chi connectivity index (χ3n) is 3.92. The van der Waals surface area contributed by atoms with Crippen molar-refractivity contribution in [3.63, 3.8) is 0 Å². The minimum atomic E-state index is -0.528. The fourth-order valence-corrected chi connectivity index (χ4v) is 2.86. The Hall–Kier alpha value is -1.62. The van der Waals surface area contributed by atoms with Crippen molar-refractivity contribution in [2.45, 2.75) is 38.7 Å². The number of halogens is 1. The van der Waals surface area contributed by atoms with Crippen molar-refractivity contribution < 1.29 is 19.0 Å². The minimum Gasteiger partial charge on any atom is -0.444 e. The first-order valence-corrected chi connectivity index (χ1v) is 7.64. The summed E-state index contributed by atoms with van der Waals surface area (Å²) in [5, 5.41) is 9.66. The van der Waals surface area contributed by atoms with Gasteiger partial charge in [-0.15, -0.1) is 0 Å².